The third-order valence-corrected chi connectivity index (χ3v) is 4.66. The number of morpholine rings is 1. The minimum absolute atomic E-state index is 0.0967. The van der Waals surface area contributed by atoms with E-state index in [9.17, 15) is 9.18 Å². The van der Waals surface area contributed by atoms with Crippen molar-refractivity contribution in [2.75, 3.05) is 26.3 Å². The molecule has 30 heavy (non-hydrogen) atoms. The van der Waals surface area contributed by atoms with Crippen LogP contribution in [0.4, 0.5) is 4.39 Å². The number of benzene rings is 1. The lowest BCUT2D eigenvalue weighted by atomic mass is 10.2. The van der Waals surface area contributed by atoms with Crippen LogP contribution in [0.1, 0.15) is 21.7 Å². The van der Waals surface area contributed by atoms with E-state index in [-0.39, 0.29) is 12.5 Å². The molecule has 1 amide bonds. The van der Waals surface area contributed by atoms with E-state index in [1.54, 1.807) is 37.3 Å². The Morgan fingerprint density at radius 2 is 2.03 bits per heavy atom. The predicted octanol–water partition coefficient (Wildman–Crippen LogP) is 1.67. The van der Waals surface area contributed by atoms with Gasteiger partial charge < -0.3 is 9.47 Å². The zero-order chi connectivity index (χ0) is 20.9. The van der Waals surface area contributed by atoms with Gasteiger partial charge in [0.1, 0.15) is 23.8 Å². The van der Waals surface area contributed by atoms with Crippen LogP contribution in [0.25, 0.3) is 5.69 Å². The molecule has 0 spiro atoms. The van der Waals surface area contributed by atoms with Crippen LogP contribution in [0.3, 0.4) is 0 Å². The molecule has 1 aliphatic rings. The molecule has 10 heteroatoms. The van der Waals surface area contributed by atoms with Crippen molar-refractivity contribution in [3.05, 3.63) is 65.4 Å². The number of carbonyl (C=O) groups is 1. The van der Waals surface area contributed by atoms with Gasteiger partial charge in [-0.25, -0.2) is 19.1 Å². The summed E-state index contributed by atoms with van der Waals surface area (Å²) in [5.41, 5.74) is 4.77. The Balaban J connectivity index is 1.41. The van der Waals surface area contributed by atoms with Gasteiger partial charge in [-0.05, 0) is 25.1 Å². The molecule has 0 radical (unpaired) electrons. The fraction of sp³-hybridized carbons (Fsp3) is 0.300. The van der Waals surface area contributed by atoms with Crippen LogP contribution in [0.15, 0.2) is 42.6 Å². The molecule has 0 bridgehead atoms. The number of halogens is 1. The normalized spacial score (nSPS) is 14.5. The first-order valence-corrected chi connectivity index (χ1v) is 9.50. The van der Waals surface area contributed by atoms with Crippen LogP contribution in [-0.4, -0.2) is 57.2 Å². The number of carbonyl (C=O) groups excluding carboxylic acids is 1. The highest BCUT2D eigenvalue weighted by molar-refractivity contribution is 5.93. The quantitative estimate of drug-likeness (QED) is 0.658. The van der Waals surface area contributed by atoms with Crippen LogP contribution in [0.5, 0.6) is 5.88 Å². The van der Waals surface area contributed by atoms with E-state index >= 15 is 0 Å². The summed E-state index contributed by atoms with van der Waals surface area (Å²) < 4.78 is 26.5. The van der Waals surface area contributed by atoms with Crippen molar-refractivity contribution in [2.45, 2.75) is 13.5 Å². The van der Waals surface area contributed by atoms with E-state index in [0.717, 1.165) is 0 Å². The predicted molar refractivity (Wildman–Crippen MR) is 104 cm³/mol. The molecule has 0 aliphatic carbocycles. The maximum absolute atomic E-state index is 14.1. The number of para-hydroxylation sites is 1. The number of hydrogen-bond acceptors (Lipinski definition) is 7. The largest absolute Gasteiger partial charge is 0.471 e. The van der Waals surface area contributed by atoms with Gasteiger partial charge in [-0.15, -0.1) is 5.10 Å². The van der Waals surface area contributed by atoms with E-state index in [2.05, 4.69) is 20.7 Å². The van der Waals surface area contributed by atoms with Crippen LogP contribution < -0.4 is 10.2 Å². The van der Waals surface area contributed by atoms with Crippen molar-refractivity contribution >= 4 is 5.91 Å². The molecule has 156 valence electrons. The highest BCUT2D eigenvalue weighted by Crippen LogP contribution is 2.18. The number of ether oxygens (including phenoxy) is 2. The van der Waals surface area contributed by atoms with Crippen molar-refractivity contribution in [3.8, 4) is 11.6 Å². The lowest BCUT2D eigenvalue weighted by molar-refractivity contribution is 0.0126. The maximum Gasteiger partial charge on any atom is 0.267 e. The van der Waals surface area contributed by atoms with Gasteiger partial charge >= 0.3 is 0 Å². The van der Waals surface area contributed by atoms with Gasteiger partial charge in [0.25, 0.3) is 5.91 Å². The lowest BCUT2D eigenvalue weighted by Crippen LogP contribution is -2.48. The number of aryl methyl sites for hydroxylation is 1. The average molecular weight is 412 g/mol. The van der Waals surface area contributed by atoms with Gasteiger partial charge in [0.05, 0.1) is 24.5 Å². The Labute approximate surface area is 172 Å². The Morgan fingerprint density at radius 3 is 2.77 bits per heavy atom. The summed E-state index contributed by atoms with van der Waals surface area (Å²) in [6, 6.07) is 9.56. The standard InChI is InChI=1S/C20H21FN6O3/c1-14-18(27(25-23-14)17-5-3-2-4-16(17)21)13-30-19-7-6-15(12-22-19)20(28)24-26-8-10-29-11-9-26/h2-7,12H,8-11,13H2,1H3,(H,24,28). The zero-order valence-electron chi connectivity index (χ0n) is 16.4. The molecule has 0 unspecified atom stereocenters. The fourth-order valence-corrected chi connectivity index (χ4v) is 2.99. The Bertz CT molecular complexity index is 1020. The summed E-state index contributed by atoms with van der Waals surface area (Å²) in [4.78, 5) is 16.5. The highest BCUT2D eigenvalue weighted by Gasteiger charge is 2.16. The second kappa shape index (κ2) is 8.97. The molecule has 0 saturated carbocycles. The number of rotatable bonds is 6. The van der Waals surface area contributed by atoms with Crippen LogP contribution in [0.2, 0.25) is 0 Å². The van der Waals surface area contributed by atoms with Gasteiger partial charge in [0.2, 0.25) is 5.88 Å². The summed E-state index contributed by atoms with van der Waals surface area (Å²) in [6.45, 7) is 4.33. The van der Waals surface area contributed by atoms with Crippen LogP contribution in [0, 0.1) is 12.7 Å². The molecule has 1 fully saturated rings. The number of hydrogen-bond donors (Lipinski definition) is 1. The first-order chi connectivity index (χ1) is 14.6. The second-order valence-electron chi connectivity index (χ2n) is 6.70. The first-order valence-electron chi connectivity index (χ1n) is 9.50. The molecule has 4 rings (SSSR count). The van der Waals surface area contributed by atoms with Gasteiger partial charge in [-0.2, -0.15) is 0 Å². The molecule has 9 nitrogen and oxygen atoms in total. The Morgan fingerprint density at radius 1 is 1.23 bits per heavy atom. The molecule has 0 atom stereocenters. The lowest BCUT2D eigenvalue weighted by Gasteiger charge is -2.26. The van der Waals surface area contributed by atoms with Gasteiger partial charge in [0, 0.05) is 25.4 Å². The number of nitrogens with zero attached hydrogens (tertiary/aromatic N) is 5. The number of amides is 1. The topological polar surface area (TPSA) is 94.4 Å². The minimum atomic E-state index is -0.405. The summed E-state index contributed by atoms with van der Waals surface area (Å²) >= 11 is 0. The minimum Gasteiger partial charge on any atom is -0.471 e. The smallest absolute Gasteiger partial charge is 0.267 e. The van der Waals surface area contributed by atoms with E-state index in [1.165, 1.54) is 16.9 Å². The summed E-state index contributed by atoms with van der Waals surface area (Å²) in [6.07, 6.45) is 1.45. The van der Waals surface area contributed by atoms with Gasteiger partial charge in [-0.3, -0.25) is 10.2 Å². The molecule has 1 N–H and O–H groups in total. The fourth-order valence-electron chi connectivity index (χ4n) is 2.99. The van der Waals surface area contributed by atoms with Crippen molar-refractivity contribution in [3.63, 3.8) is 0 Å². The van der Waals surface area contributed by atoms with Crippen LogP contribution in [-0.2, 0) is 11.3 Å². The molecular weight excluding hydrogens is 391 g/mol. The van der Waals surface area contributed by atoms with Crippen LogP contribution >= 0.6 is 0 Å². The van der Waals surface area contributed by atoms with E-state index in [0.29, 0.717) is 54.8 Å². The van der Waals surface area contributed by atoms with Crippen molar-refractivity contribution in [1.82, 2.24) is 30.4 Å². The Hall–Kier alpha value is -3.37. The zero-order valence-corrected chi connectivity index (χ0v) is 16.4. The SMILES string of the molecule is Cc1nnn(-c2ccccc2F)c1COc1ccc(C(=O)NN2CCOCC2)cn1. The molecule has 1 aromatic carbocycles. The molecule has 3 heterocycles. The maximum atomic E-state index is 14.1. The third kappa shape index (κ3) is 4.44. The van der Waals surface area contributed by atoms with E-state index in [4.69, 9.17) is 9.47 Å². The van der Waals surface area contributed by atoms with Crippen molar-refractivity contribution in [2.24, 2.45) is 0 Å². The number of pyridine rings is 1. The monoisotopic (exact) mass is 412 g/mol. The molecule has 2 aromatic heterocycles. The van der Waals surface area contributed by atoms with Crippen molar-refractivity contribution in [1.29, 1.82) is 0 Å². The van der Waals surface area contributed by atoms with Crippen molar-refractivity contribution < 1.29 is 18.7 Å². The molecule has 1 aliphatic heterocycles. The Kier molecular flexibility index (Phi) is 5.96. The molecular formula is C20H21FN6O3. The number of hydrazine groups is 1. The summed E-state index contributed by atoms with van der Waals surface area (Å²) in [5.74, 6) is -0.315. The van der Waals surface area contributed by atoms with E-state index in [1.807, 2.05) is 5.01 Å². The number of nitrogens with one attached hydrogen (secondary N) is 1. The molecule has 1 saturated heterocycles. The summed E-state index contributed by atoms with van der Waals surface area (Å²) in [5, 5.41) is 9.85. The third-order valence-electron chi connectivity index (χ3n) is 4.66. The highest BCUT2D eigenvalue weighted by atomic mass is 19.1. The second-order valence-corrected chi connectivity index (χ2v) is 6.70. The van der Waals surface area contributed by atoms with Gasteiger partial charge in [0.15, 0.2) is 0 Å². The first kappa shape index (κ1) is 19.9. The van der Waals surface area contributed by atoms with Gasteiger partial charge in [-0.1, -0.05) is 17.3 Å². The summed E-state index contributed by atoms with van der Waals surface area (Å²) in [7, 11) is 0. The number of aromatic nitrogens is 4. The average Bonchev–Trinajstić information content (AvgIpc) is 3.14. The van der Waals surface area contributed by atoms with E-state index < -0.39 is 5.82 Å². The molecule has 3 aromatic rings.